The Bertz CT molecular complexity index is 533. The molecule has 0 radical (unpaired) electrons. The van der Waals surface area contributed by atoms with Crippen molar-refractivity contribution in [1.29, 1.82) is 0 Å². The molecule has 0 aliphatic rings. The maximum atomic E-state index is 5.83. The van der Waals surface area contributed by atoms with E-state index >= 15 is 0 Å². The Balaban J connectivity index is 2.31. The lowest BCUT2D eigenvalue weighted by Crippen LogP contribution is -2.33. The van der Waals surface area contributed by atoms with Gasteiger partial charge >= 0.3 is 0 Å². The molecule has 20 heavy (non-hydrogen) atoms. The SMILES string of the molecule is CCCC(CCC)C(NN)c1cnc2ccccc2c1. The minimum atomic E-state index is 0.187. The Morgan fingerprint density at radius 2 is 1.85 bits per heavy atom. The van der Waals surface area contributed by atoms with Crippen LogP contribution < -0.4 is 11.3 Å². The molecule has 2 aromatic rings. The van der Waals surface area contributed by atoms with Gasteiger partial charge in [0.05, 0.1) is 11.6 Å². The summed E-state index contributed by atoms with van der Waals surface area (Å²) in [5.74, 6) is 6.40. The van der Waals surface area contributed by atoms with Gasteiger partial charge in [0, 0.05) is 11.6 Å². The van der Waals surface area contributed by atoms with Crippen LogP contribution in [0.4, 0.5) is 0 Å². The highest BCUT2D eigenvalue weighted by molar-refractivity contribution is 5.78. The van der Waals surface area contributed by atoms with Gasteiger partial charge in [-0.1, -0.05) is 44.9 Å². The maximum Gasteiger partial charge on any atom is 0.0702 e. The van der Waals surface area contributed by atoms with E-state index in [0.29, 0.717) is 5.92 Å². The van der Waals surface area contributed by atoms with Gasteiger partial charge in [-0.3, -0.25) is 16.3 Å². The minimum Gasteiger partial charge on any atom is -0.271 e. The third kappa shape index (κ3) is 3.35. The van der Waals surface area contributed by atoms with Gasteiger partial charge in [-0.2, -0.15) is 0 Å². The van der Waals surface area contributed by atoms with E-state index in [0.717, 1.165) is 5.52 Å². The number of hydrogen-bond donors (Lipinski definition) is 2. The van der Waals surface area contributed by atoms with Gasteiger partial charge < -0.3 is 0 Å². The molecule has 0 bridgehead atoms. The lowest BCUT2D eigenvalue weighted by molar-refractivity contribution is 0.319. The number of fused-ring (bicyclic) bond motifs is 1. The Labute approximate surface area is 121 Å². The first-order chi connectivity index (χ1) is 9.80. The molecule has 3 heteroatoms. The molecule has 1 unspecified atom stereocenters. The number of hydrogen-bond acceptors (Lipinski definition) is 3. The number of aromatic nitrogens is 1. The van der Waals surface area contributed by atoms with E-state index in [1.54, 1.807) is 0 Å². The zero-order chi connectivity index (χ0) is 14.4. The summed E-state index contributed by atoms with van der Waals surface area (Å²) in [7, 11) is 0. The second-order valence-electron chi connectivity index (χ2n) is 5.44. The number of benzene rings is 1. The van der Waals surface area contributed by atoms with E-state index in [2.05, 4.69) is 36.4 Å². The van der Waals surface area contributed by atoms with Crippen molar-refractivity contribution in [3.8, 4) is 0 Å². The molecule has 108 valence electrons. The van der Waals surface area contributed by atoms with Crippen molar-refractivity contribution >= 4 is 10.9 Å². The molecule has 0 fully saturated rings. The van der Waals surface area contributed by atoms with Crippen LogP contribution in [0.2, 0.25) is 0 Å². The number of nitrogens with two attached hydrogens (primary N) is 1. The molecule has 0 saturated carbocycles. The fourth-order valence-corrected chi connectivity index (χ4v) is 2.98. The zero-order valence-electron chi connectivity index (χ0n) is 12.5. The number of nitrogens with one attached hydrogen (secondary N) is 1. The van der Waals surface area contributed by atoms with Crippen LogP contribution in [0.25, 0.3) is 10.9 Å². The van der Waals surface area contributed by atoms with Crippen molar-refractivity contribution in [2.75, 3.05) is 0 Å². The largest absolute Gasteiger partial charge is 0.271 e. The van der Waals surface area contributed by atoms with E-state index in [1.807, 2.05) is 24.4 Å². The number of hydrazine groups is 1. The molecule has 1 heterocycles. The lowest BCUT2D eigenvalue weighted by Gasteiger charge is -2.26. The van der Waals surface area contributed by atoms with Crippen LogP contribution in [0, 0.1) is 5.92 Å². The van der Waals surface area contributed by atoms with Crippen molar-refractivity contribution in [2.45, 2.75) is 45.6 Å². The predicted molar refractivity (Wildman–Crippen MR) is 85.1 cm³/mol. The maximum absolute atomic E-state index is 5.83. The molecular formula is C17H25N3. The molecule has 0 aliphatic carbocycles. The highest BCUT2D eigenvalue weighted by Crippen LogP contribution is 2.30. The highest BCUT2D eigenvalue weighted by atomic mass is 15.2. The van der Waals surface area contributed by atoms with Crippen molar-refractivity contribution in [3.63, 3.8) is 0 Å². The lowest BCUT2D eigenvalue weighted by atomic mass is 9.87. The normalized spacial score (nSPS) is 13.0. The van der Waals surface area contributed by atoms with Crippen LogP contribution in [0.5, 0.6) is 0 Å². The fourth-order valence-electron chi connectivity index (χ4n) is 2.98. The van der Waals surface area contributed by atoms with E-state index < -0.39 is 0 Å². The second kappa shape index (κ2) is 7.36. The third-order valence-corrected chi connectivity index (χ3v) is 3.94. The first-order valence-corrected chi connectivity index (χ1v) is 7.61. The van der Waals surface area contributed by atoms with Crippen LogP contribution in [0.1, 0.15) is 51.1 Å². The van der Waals surface area contributed by atoms with Crippen molar-refractivity contribution in [2.24, 2.45) is 11.8 Å². The molecule has 1 aromatic carbocycles. The summed E-state index contributed by atoms with van der Waals surface area (Å²) in [6.45, 7) is 4.46. The quantitative estimate of drug-likeness (QED) is 0.592. The first kappa shape index (κ1) is 14.9. The summed E-state index contributed by atoms with van der Waals surface area (Å²) in [5.41, 5.74) is 5.24. The number of pyridine rings is 1. The van der Waals surface area contributed by atoms with E-state index in [4.69, 9.17) is 5.84 Å². The first-order valence-electron chi connectivity index (χ1n) is 7.61. The molecule has 0 spiro atoms. The van der Waals surface area contributed by atoms with Gasteiger partial charge in [0.2, 0.25) is 0 Å². The number of para-hydroxylation sites is 1. The number of rotatable bonds is 7. The summed E-state index contributed by atoms with van der Waals surface area (Å²) >= 11 is 0. The second-order valence-corrected chi connectivity index (χ2v) is 5.44. The summed E-state index contributed by atoms with van der Waals surface area (Å²) < 4.78 is 0. The van der Waals surface area contributed by atoms with Crippen molar-refractivity contribution in [1.82, 2.24) is 10.4 Å². The molecule has 0 aliphatic heterocycles. The van der Waals surface area contributed by atoms with Gasteiger partial charge in [-0.25, -0.2) is 0 Å². The average Bonchev–Trinajstić information content (AvgIpc) is 2.48. The summed E-state index contributed by atoms with van der Waals surface area (Å²) in [5, 5.41) is 1.18. The smallest absolute Gasteiger partial charge is 0.0702 e. The Morgan fingerprint density at radius 1 is 1.15 bits per heavy atom. The third-order valence-electron chi connectivity index (χ3n) is 3.94. The van der Waals surface area contributed by atoms with E-state index in [-0.39, 0.29) is 6.04 Å². The molecule has 1 aromatic heterocycles. The van der Waals surface area contributed by atoms with Crippen LogP contribution in [-0.4, -0.2) is 4.98 Å². The van der Waals surface area contributed by atoms with E-state index in [9.17, 15) is 0 Å². The molecule has 0 amide bonds. The zero-order valence-corrected chi connectivity index (χ0v) is 12.5. The highest BCUT2D eigenvalue weighted by Gasteiger charge is 2.21. The number of nitrogens with zero attached hydrogens (tertiary/aromatic N) is 1. The minimum absolute atomic E-state index is 0.187. The topological polar surface area (TPSA) is 50.9 Å². The molecule has 3 nitrogen and oxygen atoms in total. The Hall–Kier alpha value is -1.45. The Morgan fingerprint density at radius 3 is 2.50 bits per heavy atom. The van der Waals surface area contributed by atoms with E-state index in [1.165, 1.54) is 36.6 Å². The molecule has 2 rings (SSSR count). The van der Waals surface area contributed by atoms with Crippen molar-refractivity contribution in [3.05, 3.63) is 42.1 Å². The van der Waals surface area contributed by atoms with Gasteiger partial charge in [0.25, 0.3) is 0 Å². The standard InChI is InChI=1S/C17H25N3/c1-3-7-13(8-4-2)17(20-18)15-11-14-9-5-6-10-16(14)19-12-15/h5-6,9-13,17,20H,3-4,7-8,18H2,1-2H3. The van der Waals surface area contributed by atoms with Gasteiger partial charge in [-0.15, -0.1) is 0 Å². The average molecular weight is 271 g/mol. The Kier molecular flexibility index (Phi) is 5.50. The summed E-state index contributed by atoms with van der Waals surface area (Å²) in [6.07, 6.45) is 6.71. The molecule has 1 atom stereocenters. The van der Waals surface area contributed by atoms with Gasteiger partial charge in [0.15, 0.2) is 0 Å². The molecular weight excluding hydrogens is 246 g/mol. The van der Waals surface area contributed by atoms with Gasteiger partial charge in [0.1, 0.15) is 0 Å². The summed E-state index contributed by atoms with van der Waals surface area (Å²) in [4.78, 5) is 4.56. The van der Waals surface area contributed by atoms with Crippen molar-refractivity contribution < 1.29 is 0 Å². The van der Waals surface area contributed by atoms with Crippen LogP contribution in [0.15, 0.2) is 36.5 Å². The van der Waals surface area contributed by atoms with Crippen LogP contribution in [0.3, 0.4) is 0 Å². The van der Waals surface area contributed by atoms with Gasteiger partial charge in [-0.05, 0) is 36.5 Å². The monoisotopic (exact) mass is 271 g/mol. The molecule has 0 saturated heterocycles. The summed E-state index contributed by atoms with van der Waals surface area (Å²) in [6, 6.07) is 10.6. The fraction of sp³-hybridized carbons (Fsp3) is 0.471. The predicted octanol–water partition coefficient (Wildman–Crippen LogP) is 3.96. The van der Waals surface area contributed by atoms with Crippen LogP contribution in [-0.2, 0) is 0 Å². The van der Waals surface area contributed by atoms with Crippen LogP contribution >= 0.6 is 0 Å². The molecule has 3 N–H and O–H groups in total.